The van der Waals surface area contributed by atoms with Gasteiger partial charge in [-0.1, -0.05) is 20.3 Å². The van der Waals surface area contributed by atoms with Gasteiger partial charge in [-0.05, 0) is 30.0 Å². The Morgan fingerprint density at radius 2 is 2.07 bits per heavy atom. The molecule has 0 fully saturated rings. The van der Waals surface area contributed by atoms with Gasteiger partial charge in [-0.15, -0.1) is 0 Å². The van der Waals surface area contributed by atoms with E-state index in [1.807, 2.05) is 13.8 Å². The third-order valence-electron chi connectivity index (χ3n) is 2.37. The second-order valence-electron chi connectivity index (χ2n) is 3.66. The minimum absolute atomic E-state index is 0.152. The highest BCUT2D eigenvalue weighted by Gasteiger charge is 2.32. The van der Waals surface area contributed by atoms with Crippen molar-refractivity contribution in [2.45, 2.75) is 38.8 Å². The van der Waals surface area contributed by atoms with Crippen molar-refractivity contribution in [2.24, 2.45) is 0 Å². The van der Waals surface area contributed by atoms with Gasteiger partial charge in [0, 0.05) is 6.20 Å². The predicted octanol–water partition coefficient (Wildman–Crippen LogP) is 4.00. The third-order valence-corrected chi connectivity index (χ3v) is 2.37. The molecule has 84 valence electrons. The lowest BCUT2D eigenvalue weighted by molar-refractivity contribution is -0.141. The molecule has 1 atom stereocenters. The number of pyridine rings is 1. The maximum atomic E-state index is 12.4. The summed E-state index contributed by atoms with van der Waals surface area (Å²) in [6, 6.07) is 2.79. The van der Waals surface area contributed by atoms with E-state index < -0.39 is 11.9 Å². The summed E-state index contributed by atoms with van der Waals surface area (Å²) in [4.78, 5) is 3.33. The van der Waals surface area contributed by atoms with Crippen LogP contribution in [0.2, 0.25) is 0 Å². The standard InChI is InChI=1S/C11H14F3N/c1-3-4-8(2)9-5-6-15-10(7-9)11(12,13)14/h5-8H,3-4H2,1-2H3. The Hall–Kier alpha value is -1.06. The molecule has 0 spiro atoms. The van der Waals surface area contributed by atoms with E-state index in [1.165, 1.54) is 6.20 Å². The number of nitrogens with zero attached hydrogens (tertiary/aromatic N) is 1. The molecule has 1 unspecified atom stereocenters. The van der Waals surface area contributed by atoms with Crippen LogP contribution < -0.4 is 0 Å². The van der Waals surface area contributed by atoms with Crippen LogP contribution in [0, 0.1) is 0 Å². The number of aromatic nitrogens is 1. The molecule has 0 radical (unpaired) electrons. The second-order valence-corrected chi connectivity index (χ2v) is 3.66. The van der Waals surface area contributed by atoms with E-state index in [-0.39, 0.29) is 5.92 Å². The predicted molar refractivity (Wildman–Crippen MR) is 52.6 cm³/mol. The van der Waals surface area contributed by atoms with Crippen molar-refractivity contribution >= 4 is 0 Å². The first-order valence-corrected chi connectivity index (χ1v) is 4.98. The van der Waals surface area contributed by atoms with Gasteiger partial charge in [-0.3, -0.25) is 4.98 Å². The van der Waals surface area contributed by atoms with Crippen LogP contribution in [0.15, 0.2) is 18.3 Å². The van der Waals surface area contributed by atoms with Gasteiger partial charge in [0.05, 0.1) is 0 Å². The summed E-state index contributed by atoms with van der Waals surface area (Å²) in [5.41, 5.74) is -0.0953. The fourth-order valence-corrected chi connectivity index (χ4v) is 1.51. The van der Waals surface area contributed by atoms with Crippen molar-refractivity contribution in [1.29, 1.82) is 0 Å². The van der Waals surface area contributed by atoms with E-state index in [9.17, 15) is 13.2 Å². The molecule has 0 N–H and O–H groups in total. The molecule has 0 saturated heterocycles. The Morgan fingerprint density at radius 1 is 1.40 bits per heavy atom. The second kappa shape index (κ2) is 4.64. The van der Waals surface area contributed by atoms with E-state index in [0.29, 0.717) is 5.56 Å². The van der Waals surface area contributed by atoms with Crippen molar-refractivity contribution in [3.8, 4) is 0 Å². The van der Waals surface area contributed by atoms with Crippen LogP contribution in [0.25, 0.3) is 0 Å². The number of hydrogen-bond donors (Lipinski definition) is 0. The fourth-order valence-electron chi connectivity index (χ4n) is 1.51. The van der Waals surface area contributed by atoms with Crippen LogP contribution in [-0.2, 0) is 6.18 Å². The van der Waals surface area contributed by atoms with Crippen LogP contribution in [0.4, 0.5) is 13.2 Å². The summed E-state index contributed by atoms with van der Waals surface area (Å²) in [6.45, 7) is 3.95. The molecule has 1 aromatic rings. The molecule has 1 nitrogen and oxygen atoms in total. The summed E-state index contributed by atoms with van der Waals surface area (Å²) < 4.78 is 37.1. The SMILES string of the molecule is CCCC(C)c1ccnc(C(F)(F)F)c1. The lowest BCUT2D eigenvalue weighted by atomic mass is 9.97. The summed E-state index contributed by atoms with van der Waals surface area (Å²) in [5, 5.41) is 0. The van der Waals surface area contributed by atoms with Gasteiger partial charge in [0.25, 0.3) is 0 Å². The molecule has 0 aliphatic carbocycles. The Labute approximate surface area is 87.3 Å². The minimum Gasteiger partial charge on any atom is -0.252 e. The van der Waals surface area contributed by atoms with Crippen LogP contribution in [0.3, 0.4) is 0 Å². The van der Waals surface area contributed by atoms with E-state index in [2.05, 4.69) is 4.98 Å². The van der Waals surface area contributed by atoms with Crippen LogP contribution >= 0.6 is 0 Å². The van der Waals surface area contributed by atoms with Crippen molar-refractivity contribution in [3.05, 3.63) is 29.6 Å². The first-order valence-electron chi connectivity index (χ1n) is 4.98. The van der Waals surface area contributed by atoms with E-state index >= 15 is 0 Å². The first kappa shape index (κ1) is 12.0. The van der Waals surface area contributed by atoms with Crippen molar-refractivity contribution in [2.75, 3.05) is 0 Å². The molecule has 1 aromatic heterocycles. The van der Waals surface area contributed by atoms with Crippen molar-refractivity contribution < 1.29 is 13.2 Å². The number of halogens is 3. The highest BCUT2D eigenvalue weighted by Crippen LogP contribution is 2.30. The Balaban J connectivity index is 2.92. The molecule has 1 rings (SSSR count). The molecule has 0 aromatic carbocycles. The largest absolute Gasteiger partial charge is 0.433 e. The van der Waals surface area contributed by atoms with Gasteiger partial charge in [0.15, 0.2) is 0 Å². The molecular formula is C11H14F3N. The number of rotatable bonds is 3. The quantitative estimate of drug-likeness (QED) is 0.745. The Kier molecular flexibility index (Phi) is 3.72. The maximum absolute atomic E-state index is 12.4. The average molecular weight is 217 g/mol. The zero-order chi connectivity index (χ0) is 11.5. The van der Waals surface area contributed by atoms with Crippen LogP contribution in [-0.4, -0.2) is 4.98 Å². The Bertz CT molecular complexity index is 320. The first-order chi connectivity index (χ1) is 6.95. The molecule has 1 heterocycles. The van der Waals surface area contributed by atoms with Crippen molar-refractivity contribution in [3.63, 3.8) is 0 Å². The van der Waals surface area contributed by atoms with Gasteiger partial charge in [0.2, 0.25) is 0 Å². The maximum Gasteiger partial charge on any atom is 0.433 e. The molecule has 0 amide bonds. The summed E-state index contributed by atoms with van der Waals surface area (Å²) in [7, 11) is 0. The summed E-state index contributed by atoms with van der Waals surface area (Å²) >= 11 is 0. The summed E-state index contributed by atoms with van der Waals surface area (Å²) in [5.74, 6) is 0.152. The lowest BCUT2D eigenvalue weighted by Gasteiger charge is -2.12. The molecule has 15 heavy (non-hydrogen) atoms. The van der Waals surface area contributed by atoms with Gasteiger partial charge in [-0.25, -0.2) is 0 Å². The lowest BCUT2D eigenvalue weighted by Crippen LogP contribution is -2.08. The zero-order valence-corrected chi connectivity index (χ0v) is 8.80. The van der Waals surface area contributed by atoms with Gasteiger partial charge in [-0.2, -0.15) is 13.2 Å². The topological polar surface area (TPSA) is 12.9 Å². The number of alkyl halides is 3. The molecular weight excluding hydrogens is 203 g/mol. The van der Waals surface area contributed by atoms with Gasteiger partial charge < -0.3 is 0 Å². The molecule has 0 bridgehead atoms. The van der Waals surface area contributed by atoms with Crippen LogP contribution in [0.1, 0.15) is 43.9 Å². The van der Waals surface area contributed by atoms with E-state index in [1.54, 1.807) is 6.07 Å². The molecule has 0 aliphatic rings. The monoisotopic (exact) mass is 217 g/mol. The fraction of sp³-hybridized carbons (Fsp3) is 0.545. The number of hydrogen-bond acceptors (Lipinski definition) is 1. The highest BCUT2D eigenvalue weighted by atomic mass is 19.4. The highest BCUT2D eigenvalue weighted by molar-refractivity contribution is 5.21. The van der Waals surface area contributed by atoms with Gasteiger partial charge in [0.1, 0.15) is 5.69 Å². The summed E-state index contributed by atoms with van der Waals surface area (Å²) in [6.07, 6.45) is -1.27. The average Bonchev–Trinajstić information content (AvgIpc) is 2.17. The normalized spacial score (nSPS) is 13.9. The minimum atomic E-state index is -4.35. The molecule has 0 aliphatic heterocycles. The van der Waals surface area contributed by atoms with Crippen molar-refractivity contribution in [1.82, 2.24) is 4.98 Å². The van der Waals surface area contributed by atoms with E-state index in [4.69, 9.17) is 0 Å². The zero-order valence-electron chi connectivity index (χ0n) is 8.80. The van der Waals surface area contributed by atoms with Gasteiger partial charge >= 0.3 is 6.18 Å². The smallest absolute Gasteiger partial charge is 0.252 e. The molecule has 4 heteroatoms. The van der Waals surface area contributed by atoms with E-state index in [0.717, 1.165) is 18.9 Å². The third kappa shape index (κ3) is 3.22. The molecule has 0 saturated carbocycles. The Morgan fingerprint density at radius 3 is 2.60 bits per heavy atom. The van der Waals surface area contributed by atoms with Crippen LogP contribution in [0.5, 0.6) is 0 Å².